The third kappa shape index (κ3) is 5.23. The number of nitrogens with zero attached hydrogens (tertiary/aromatic N) is 5. The Labute approximate surface area is 155 Å². The summed E-state index contributed by atoms with van der Waals surface area (Å²) in [6, 6.07) is 5.49. The van der Waals surface area contributed by atoms with Crippen LogP contribution < -0.4 is 5.73 Å². The van der Waals surface area contributed by atoms with Crippen molar-refractivity contribution in [1.82, 2.24) is 24.9 Å². The molecule has 3 atom stereocenters. The van der Waals surface area contributed by atoms with Crippen molar-refractivity contribution < 1.29 is 9.84 Å². The molecule has 144 valence electrons. The Morgan fingerprint density at radius 2 is 2.00 bits per heavy atom. The zero-order chi connectivity index (χ0) is 19.1. The minimum absolute atomic E-state index is 0.0764. The van der Waals surface area contributed by atoms with E-state index in [0.717, 1.165) is 12.8 Å². The van der Waals surface area contributed by atoms with Crippen LogP contribution in [0.1, 0.15) is 26.7 Å². The molecule has 0 aromatic carbocycles. The van der Waals surface area contributed by atoms with Gasteiger partial charge in [-0.15, -0.1) is 5.10 Å². The third-order valence-corrected chi connectivity index (χ3v) is 4.48. The van der Waals surface area contributed by atoms with Crippen LogP contribution in [0.3, 0.4) is 0 Å². The molecule has 2 aromatic heterocycles. The topological polar surface area (TPSA) is 102 Å². The van der Waals surface area contributed by atoms with Gasteiger partial charge < -0.3 is 20.5 Å². The first kappa shape index (κ1) is 20.3. The fraction of sp³-hybridized carbons (Fsp3) is 0.611. The summed E-state index contributed by atoms with van der Waals surface area (Å²) in [5.74, 6) is 0.450. The summed E-state index contributed by atoms with van der Waals surface area (Å²) in [6.45, 7) is 5.10. The highest BCUT2D eigenvalue weighted by Gasteiger charge is 2.27. The van der Waals surface area contributed by atoms with E-state index in [1.807, 2.05) is 44.2 Å². The molecule has 2 unspecified atom stereocenters. The number of rotatable bonds is 10. The summed E-state index contributed by atoms with van der Waals surface area (Å²) in [6.07, 6.45) is 2.70. The second-order valence-electron chi connectivity index (χ2n) is 6.56. The number of nitrogens with two attached hydrogens (primary N) is 1. The minimum atomic E-state index is -0.525. The summed E-state index contributed by atoms with van der Waals surface area (Å²) in [7, 11) is 3.96. The molecule has 2 rings (SSSR count). The maximum Gasteiger partial charge on any atom is 0.131 e. The zero-order valence-corrected chi connectivity index (χ0v) is 16.0. The molecule has 8 nitrogen and oxygen atoms in total. The van der Waals surface area contributed by atoms with Gasteiger partial charge in [0.25, 0.3) is 0 Å². The van der Waals surface area contributed by atoms with Crippen molar-refractivity contribution in [3.63, 3.8) is 0 Å². The Hall–Kier alpha value is -2.03. The highest BCUT2D eigenvalue weighted by Crippen LogP contribution is 2.16. The van der Waals surface area contributed by atoms with Crippen LogP contribution in [0, 0.1) is 0 Å². The Kier molecular flexibility index (Phi) is 7.50. The van der Waals surface area contributed by atoms with Gasteiger partial charge in [0.15, 0.2) is 0 Å². The van der Waals surface area contributed by atoms with E-state index in [1.165, 1.54) is 0 Å². The van der Waals surface area contributed by atoms with Crippen molar-refractivity contribution in [3.8, 4) is 11.4 Å². The molecule has 0 radical (unpaired) electrons. The Bertz CT molecular complexity index is 675. The summed E-state index contributed by atoms with van der Waals surface area (Å²) < 4.78 is 7.63. The SMILES string of the molecule is CCC(C(O)[C@H](CC)OCCn1cc(-c2cccc(N)n2)nn1)N(C)C. The van der Waals surface area contributed by atoms with Crippen LogP contribution in [0.25, 0.3) is 11.4 Å². The van der Waals surface area contributed by atoms with Crippen molar-refractivity contribution in [2.75, 3.05) is 26.4 Å². The molecule has 0 aliphatic heterocycles. The number of ether oxygens (including phenoxy) is 1. The van der Waals surface area contributed by atoms with Crippen LogP contribution in [-0.4, -0.2) is 68.9 Å². The first-order valence-electron chi connectivity index (χ1n) is 9.05. The lowest BCUT2D eigenvalue weighted by Gasteiger charge is -2.33. The number of hydrogen-bond donors (Lipinski definition) is 2. The molecule has 0 fully saturated rings. The lowest BCUT2D eigenvalue weighted by molar-refractivity contribution is -0.0719. The third-order valence-electron chi connectivity index (χ3n) is 4.48. The Morgan fingerprint density at radius 3 is 2.62 bits per heavy atom. The molecule has 0 bridgehead atoms. The van der Waals surface area contributed by atoms with Crippen molar-refractivity contribution in [1.29, 1.82) is 0 Å². The molecule has 0 saturated carbocycles. The van der Waals surface area contributed by atoms with Gasteiger partial charge in [0.05, 0.1) is 37.3 Å². The predicted octanol–water partition coefficient (Wildman–Crippen LogP) is 1.42. The fourth-order valence-corrected chi connectivity index (χ4v) is 3.03. The number of anilines is 1. The number of likely N-dealkylation sites (N-methyl/N-ethyl adjacent to an activating group) is 1. The first-order chi connectivity index (χ1) is 12.5. The number of nitrogen functional groups attached to an aromatic ring is 1. The van der Waals surface area contributed by atoms with Crippen molar-refractivity contribution in [2.24, 2.45) is 0 Å². The van der Waals surface area contributed by atoms with Gasteiger partial charge in [0, 0.05) is 6.04 Å². The second kappa shape index (κ2) is 9.61. The van der Waals surface area contributed by atoms with Gasteiger partial charge in [-0.05, 0) is 39.1 Å². The zero-order valence-electron chi connectivity index (χ0n) is 16.0. The van der Waals surface area contributed by atoms with Crippen LogP contribution in [0.15, 0.2) is 24.4 Å². The Balaban J connectivity index is 1.90. The number of aromatic nitrogens is 4. The van der Waals surface area contributed by atoms with Crippen LogP contribution >= 0.6 is 0 Å². The van der Waals surface area contributed by atoms with E-state index in [-0.39, 0.29) is 12.1 Å². The lowest BCUT2D eigenvalue weighted by Crippen LogP contribution is -2.46. The fourth-order valence-electron chi connectivity index (χ4n) is 3.03. The van der Waals surface area contributed by atoms with Gasteiger partial charge in [0.2, 0.25) is 0 Å². The quantitative estimate of drug-likeness (QED) is 0.659. The van der Waals surface area contributed by atoms with Gasteiger partial charge in [-0.3, -0.25) is 0 Å². The minimum Gasteiger partial charge on any atom is -0.389 e. The van der Waals surface area contributed by atoms with Crippen LogP contribution in [0.4, 0.5) is 5.82 Å². The van der Waals surface area contributed by atoms with E-state index < -0.39 is 6.10 Å². The molecule has 2 aromatic rings. The second-order valence-corrected chi connectivity index (χ2v) is 6.56. The number of pyridine rings is 1. The normalized spacial score (nSPS) is 15.2. The van der Waals surface area contributed by atoms with E-state index in [9.17, 15) is 5.11 Å². The number of hydrogen-bond acceptors (Lipinski definition) is 7. The van der Waals surface area contributed by atoms with E-state index >= 15 is 0 Å². The van der Waals surface area contributed by atoms with Crippen LogP contribution in [-0.2, 0) is 11.3 Å². The maximum atomic E-state index is 10.6. The highest BCUT2D eigenvalue weighted by atomic mass is 16.5. The Morgan fingerprint density at radius 1 is 1.23 bits per heavy atom. The lowest BCUT2D eigenvalue weighted by atomic mass is 10.0. The van der Waals surface area contributed by atoms with Gasteiger partial charge in [0.1, 0.15) is 11.5 Å². The molecule has 3 N–H and O–H groups in total. The van der Waals surface area contributed by atoms with Gasteiger partial charge in [-0.25, -0.2) is 9.67 Å². The van der Waals surface area contributed by atoms with Gasteiger partial charge in [-0.1, -0.05) is 25.1 Å². The summed E-state index contributed by atoms with van der Waals surface area (Å²) >= 11 is 0. The maximum absolute atomic E-state index is 10.6. The average molecular weight is 362 g/mol. The van der Waals surface area contributed by atoms with Crippen LogP contribution in [0.5, 0.6) is 0 Å². The molecule has 2 heterocycles. The van der Waals surface area contributed by atoms with Crippen LogP contribution in [0.2, 0.25) is 0 Å². The molecule has 0 spiro atoms. The molecule has 0 saturated heterocycles. The molecule has 26 heavy (non-hydrogen) atoms. The number of aliphatic hydroxyl groups excluding tert-OH is 1. The highest BCUT2D eigenvalue weighted by molar-refractivity contribution is 5.54. The molecule has 8 heteroatoms. The van der Waals surface area contributed by atoms with Gasteiger partial charge >= 0.3 is 0 Å². The predicted molar refractivity (Wildman–Crippen MR) is 101 cm³/mol. The van der Waals surface area contributed by atoms with Crippen molar-refractivity contribution in [3.05, 3.63) is 24.4 Å². The average Bonchev–Trinajstić information content (AvgIpc) is 3.08. The van der Waals surface area contributed by atoms with Gasteiger partial charge in [-0.2, -0.15) is 0 Å². The standard InChI is InChI=1S/C18H30N6O2/c1-5-15(23(3)4)18(25)16(6-2)26-11-10-24-12-14(21-22-24)13-8-7-9-17(19)20-13/h7-9,12,15-16,18,25H,5-6,10-11H2,1-4H3,(H2,19,20)/t15?,16-,18?/m0/s1. The van der Waals surface area contributed by atoms with E-state index in [0.29, 0.717) is 30.4 Å². The van der Waals surface area contributed by atoms with E-state index in [2.05, 4.69) is 22.2 Å². The first-order valence-corrected chi connectivity index (χ1v) is 9.05. The summed E-state index contributed by atoms with van der Waals surface area (Å²) in [5.41, 5.74) is 7.06. The molecule has 0 amide bonds. The van der Waals surface area contributed by atoms with Crippen molar-refractivity contribution in [2.45, 2.75) is 51.5 Å². The van der Waals surface area contributed by atoms with Crippen molar-refractivity contribution >= 4 is 5.82 Å². The smallest absolute Gasteiger partial charge is 0.131 e. The van der Waals surface area contributed by atoms with E-state index in [4.69, 9.17) is 10.5 Å². The number of aliphatic hydroxyl groups is 1. The molecule has 0 aliphatic carbocycles. The molecule has 0 aliphatic rings. The molecular weight excluding hydrogens is 332 g/mol. The summed E-state index contributed by atoms with van der Waals surface area (Å²) in [4.78, 5) is 6.28. The largest absolute Gasteiger partial charge is 0.389 e. The molecular formula is C18H30N6O2. The monoisotopic (exact) mass is 362 g/mol. The summed E-state index contributed by atoms with van der Waals surface area (Å²) in [5, 5.41) is 18.8. The van der Waals surface area contributed by atoms with E-state index in [1.54, 1.807) is 10.7 Å².